The molecule has 1 N–H and O–H groups in total. The van der Waals surface area contributed by atoms with Crippen LogP contribution in [0, 0.1) is 17.2 Å². The molecule has 2 aliphatic rings. The Balaban J connectivity index is 1.52. The Hall–Kier alpha value is -2.77. The monoisotopic (exact) mass is 399 g/mol. The predicted molar refractivity (Wildman–Crippen MR) is 104 cm³/mol. The Morgan fingerprint density at radius 3 is 2.62 bits per heavy atom. The van der Waals surface area contributed by atoms with Gasteiger partial charge in [0.2, 0.25) is 11.8 Å². The van der Waals surface area contributed by atoms with Gasteiger partial charge in [-0.15, -0.1) is 10.2 Å². The van der Waals surface area contributed by atoms with Crippen molar-refractivity contribution < 1.29 is 14.0 Å². The normalized spacial score (nSPS) is 19.2. The van der Waals surface area contributed by atoms with Gasteiger partial charge in [-0.3, -0.25) is 9.59 Å². The minimum Gasteiger partial charge on any atom is -0.346 e. The summed E-state index contributed by atoms with van der Waals surface area (Å²) in [7, 11) is 1.81. The SMILES string of the molecule is CC(NC(=O)C1(Cc2ccccc2F)CN(C(=O)C2CCC2)C1)c1nncn1C. The largest absolute Gasteiger partial charge is 0.346 e. The molecule has 1 aromatic heterocycles. The molecule has 1 unspecified atom stereocenters. The number of benzene rings is 1. The molecule has 2 aromatic rings. The average molecular weight is 399 g/mol. The van der Waals surface area contributed by atoms with E-state index < -0.39 is 5.41 Å². The van der Waals surface area contributed by atoms with Crippen molar-refractivity contribution in [2.24, 2.45) is 18.4 Å². The first-order valence-corrected chi connectivity index (χ1v) is 10.1. The van der Waals surface area contributed by atoms with Gasteiger partial charge in [-0.05, 0) is 37.8 Å². The maximum Gasteiger partial charge on any atom is 0.230 e. The predicted octanol–water partition coefficient (Wildman–Crippen LogP) is 2.00. The lowest BCUT2D eigenvalue weighted by molar-refractivity contribution is -0.158. The van der Waals surface area contributed by atoms with Gasteiger partial charge in [0.05, 0.1) is 11.5 Å². The van der Waals surface area contributed by atoms with E-state index in [2.05, 4.69) is 15.5 Å². The number of nitrogens with one attached hydrogen (secondary N) is 1. The van der Waals surface area contributed by atoms with Gasteiger partial charge < -0.3 is 14.8 Å². The number of hydrogen-bond donors (Lipinski definition) is 1. The van der Waals surface area contributed by atoms with Crippen molar-refractivity contribution in [3.63, 3.8) is 0 Å². The average Bonchev–Trinajstić information content (AvgIpc) is 3.03. The fraction of sp³-hybridized carbons (Fsp3) is 0.524. The van der Waals surface area contributed by atoms with Crippen LogP contribution in [0.25, 0.3) is 0 Å². The maximum absolute atomic E-state index is 14.3. The first kappa shape index (κ1) is 19.5. The van der Waals surface area contributed by atoms with E-state index in [1.807, 2.05) is 14.0 Å². The first-order chi connectivity index (χ1) is 13.9. The van der Waals surface area contributed by atoms with E-state index in [0.717, 1.165) is 19.3 Å². The van der Waals surface area contributed by atoms with Crippen LogP contribution >= 0.6 is 0 Å². The van der Waals surface area contributed by atoms with Crippen molar-refractivity contribution in [3.05, 3.63) is 47.8 Å². The molecular formula is C21H26FN5O2. The summed E-state index contributed by atoms with van der Waals surface area (Å²) in [5.74, 6) is 0.330. The summed E-state index contributed by atoms with van der Waals surface area (Å²) in [5.41, 5.74) is -0.348. The van der Waals surface area contributed by atoms with E-state index in [1.54, 1.807) is 34.0 Å². The van der Waals surface area contributed by atoms with Crippen LogP contribution in [0.3, 0.4) is 0 Å². The van der Waals surface area contributed by atoms with E-state index >= 15 is 0 Å². The minimum absolute atomic E-state index is 0.0853. The van der Waals surface area contributed by atoms with Crippen molar-refractivity contribution in [1.82, 2.24) is 25.0 Å². The Bertz CT molecular complexity index is 917. The molecule has 2 amide bonds. The molecule has 7 nitrogen and oxygen atoms in total. The minimum atomic E-state index is -0.839. The molecule has 8 heteroatoms. The second-order valence-electron chi connectivity index (χ2n) is 8.37. The van der Waals surface area contributed by atoms with E-state index in [4.69, 9.17) is 0 Å². The van der Waals surface area contributed by atoms with Gasteiger partial charge in [0.25, 0.3) is 0 Å². The highest BCUT2D eigenvalue weighted by Gasteiger charge is 2.52. The van der Waals surface area contributed by atoms with Crippen LogP contribution in [-0.2, 0) is 23.1 Å². The van der Waals surface area contributed by atoms with Crippen molar-refractivity contribution in [3.8, 4) is 0 Å². The van der Waals surface area contributed by atoms with Crippen LogP contribution in [-0.4, -0.2) is 44.6 Å². The molecule has 1 aliphatic carbocycles. The van der Waals surface area contributed by atoms with Crippen molar-refractivity contribution in [2.75, 3.05) is 13.1 Å². The molecule has 1 aromatic carbocycles. The fourth-order valence-electron chi connectivity index (χ4n) is 4.19. The lowest BCUT2D eigenvalue weighted by Crippen LogP contribution is -2.66. The smallest absolute Gasteiger partial charge is 0.230 e. The highest BCUT2D eigenvalue weighted by atomic mass is 19.1. The van der Waals surface area contributed by atoms with Crippen LogP contribution in [0.4, 0.5) is 4.39 Å². The van der Waals surface area contributed by atoms with E-state index in [-0.39, 0.29) is 36.0 Å². The molecule has 0 bridgehead atoms. The van der Waals surface area contributed by atoms with Gasteiger partial charge in [0, 0.05) is 26.1 Å². The van der Waals surface area contributed by atoms with Crippen LogP contribution in [0.1, 0.15) is 43.6 Å². The van der Waals surface area contributed by atoms with Gasteiger partial charge in [-0.1, -0.05) is 24.6 Å². The topological polar surface area (TPSA) is 80.1 Å². The third kappa shape index (κ3) is 3.63. The van der Waals surface area contributed by atoms with E-state index in [1.165, 1.54) is 6.07 Å². The summed E-state index contributed by atoms with van der Waals surface area (Å²) in [4.78, 5) is 27.6. The number of carbonyl (C=O) groups is 2. The number of rotatable bonds is 6. The van der Waals surface area contributed by atoms with Gasteiger partial charge in [0.1, 0.15) is 12.1 Å². The standard InChI is InChI=1S/C21H26FN5O2/c1-14(18-25-23-13-26(18)2)24-20(29)21(10-16-6-3-4-9-17(16)22)11-27(12-21)19(28)15-7-5-8-15/h3-4,6,9,13-15H,5,7-8,10-12H2,1-2H3,(H,24,29). The van der Waals surface area contributed by atoms with Gasteiger partial charge in [-0.2, -0.15) is 0 Å². The zero-order valence-electron chi connectivity index (χ0n) is 16.8. The first-order valence-electron chi connectivity index (χ1n) is 10.1. The molecule has 0 spiro atoms. The zero-order valence-corrected chi connectivity index (χ0v) is 16.8. The van der Waals surface area contributed by atoms with E-state index in [9.17, 15) is 14.0 Å². The summed E-state index contributed by atoms with van der Waals surface area (Å²) < 4.78 is 16.0. The summed E-state index contributed by atoms with van der Waals surface area (Å²) in [5, 5.41) is 10.9. The molecule has 2 fully saturated rings. The number of halogens is 1. The molecule has 1 atom stereocenters. The number of hydrogen-bond acceptors (Lipinski definition) is 4. The third-order valence-electron chi connectivity index (χ3n) is 6.20. The molecule has 29 heavy (non-hydrogen) atoms. The number of nitrogens with zero attached hydrogens (tertiary/aromatic N) is 4. The van der Waals surface area contributed by atoms with Crippen molar-refractivity contribution in [2.45, 2.75) is 38.6 Å². The lowest BCUT2D eigenvalue weighted by atomic mass is 9.72. The van der Waals surface area contributed by atoms with Crippen LogP contribution in [0.2, 0.25) is 0 Å². The Morgan fingerprint density at radius 1 is 1.31 bits per heavy atom. The van der Waals surface area contributed by atoms with Crippen LogP contribution in [0.5, 0.6) is 0 Å². The molecule has 0 radical (unpaired) electrons. The second-order valence-corrected chi connectivity index (χ2v) is 8.37. The summed E-state index contributed by atoms with van der Waals surface area (Å²) >= 11 is 0. The summed E-state index contributed by atoms with van der Waals surface area (Å²) in [6, 6.07) is 6.16. The Labute approximate surface area is 169 Å². The second kappa shape index (κ2) is 7.57. The number of aryl methyl sites for hydroxylation is 1. The summed E-state index contributed by atoms with van der Waals surface area (Å²) in [6.07, 6.45) is 4.76. The van der Waals surface area contributed by atoms with Crippen LogP contribution in [0.15, 0.2) is 30.6 Å². The Morgan fingerprint density at radius 2 is 2.03 bits per heavy atom. The number of likely N-dealkylation sites (tertiary alicyclic amines) is 1. The highest BCUT2D eigenvalue weighted by Crippen LogP contribution is 2.39. The fourth-order valence-corrected chi connectivity index (χ4v) is 4.19. The maximum atomic E-state index is 14.3. The molecule has 1 saturated heterocycles. The number of aromatic nitrogens is 3. The van der Waals surface area contributed by atoms with Crippen molar-refractivity contribution >= 4 is 11.8 Å². The molecule has 1 aliphatic heterocycles. The third-order valence-corrected chi connectivity index (χ3v) is 6.20. The van der Waals surface area contributed by atoms with E-state index in [0.29, 0.717) is 24.5 Å². The Kier molecular flexibility index (Phi) is 5.10. The lowest BCUT2D eigenvalue weighted by Gasteiger charge is -2.51. The van der Waals surface area contributed by atoms with Gasteiger partial charge in [0.15, 0.2) is 5.82 Å². The van der Waals surface area contributed by atoms with Gasteiger partial charge in [-0.25, -0.2) is 4.39 Å². The molecule has 2 heterocycles. The van der Waals surface area contributed by atoms with Gasteiger partial charge >= 0.3 is 0 Å². The number of carbonyl (C=O) groups excluding carboxylic acids is 2. The van der Waals surface area contributed by atoms with Crippen molar-refractivity contribution in [1.29, 1.82) is 0 Å². The molecule has 4 rings (SSSR count). The highest BCUT2D eigenvalue weighted by molar-refractivity contribution is 5.89. The molecular weight excluding hydrogens is 373 g/mol. The molecule has 154 valence electrons. The summed E-state index contributed by atoms with van der Waals surface area (Å²) in [6.45, 7) is 2.47. The molecule has 1 saturated carbocycles. The van der Waals surface area contributed by atoms with Crippen LogP contribution < -0.4 is 5.32 Å². The zero-order chi connectivity index (χ0) is 20.6. The quantitative estimate of drug-likeness (QED) is 0.806. The number of amides is 2.